The van der Waals surface area contributed by atoms with Crippen LogP contribution in [-0.4, -0.2) is 9.55 Å². The molecule has 0 aliphatic carbocycles. The number of aromatic nitrogens is 2. The van der Waals surface area contributed by atoms with E-state index in [0.29, 0.717) is 5.56 Å². The Labute approximate surface area is 88.6 Å². The van der Waals surface area contributed by atoms with Gasteiger partial charge in [0.05, 0.1) is 23.6 Å². The molecule has 0 bridgehead atoms. The molecule has 0 amide bonds. The number of nitriles is 1. The second-order valence-corrected chi connectivity index (χ2v) is 3.28. The van der Waals surface area contributed by atoms with Gasteiger partial charge in [0.1, 0.15) is 0 Å². The Morgan fingerprint density at radius 2 is 2.33 bits per heavy atom. The Bertz CT molecular complexity index is 492. The van der Waals surface area contributed by atoms with E-state index in [2.05, 4.69) is 18.0 Å². The highest BCUT2D eigenvalue weighted by atomic mass is 15.0. The fourth-order valence-electron chi connectivity index (χ4n) is 1.57. The maximum absolute atomic E-state index is 8.85. The maximum Gasteiger partial charge on any atom is 0.0992 e. The third kappa shape index (κ3) is 1.75. The molecule has 2 rings (SSSR count). The summed E-state index contributed by atoms with van der Waals surface area (Å²) in [5, 5.41) is 8.85. The van der Waals surface area contributed by atoms with Crippen molar-refractivity contribution in [1.29, 1.82) is 5.26 Å². The second-order valence-electron chi connectivity index (χ2n) is 3.28. The first-order valence-corrected chi connectivity index (χ1v) is 4.86. The van der Waals surface area contributed by atoms with Crippen molar-refractivity contribution in [2.24, 2.45) is 0 Å². The predicted molar refractivity (Wildman–Crippen MR) is 57.7 cm³/mol. The minimum atomic E-state index is 0.677. The molecule has 1 aromatic carbocycles. The van der Waals surface area contributed by atoms with E-state index in [4.69, 9.17) is 5.26 Å². The molecular formula is C12H11N3. The molecule has 3 nitrogen and oxygen atoms in total. The van der Waals surface area contributed by atoms with Crippen LogP contribution in [0, 0.1) is 11.3 Å². The Hall–Kier alpha value is -2.08. The molecule has 2 aromatic rings. The van der Waals surface area contributed by atoms with Crippen molar-refractivity contribution < 1.29 is 0 Å². The van der Waals surface area contributed by atoms with Gasteiger partial charge in [0.15, 0.2) is 0 Å². The van der Waals surface area contributed by atoms with E-state index in [1.165, 1.54) is 5.56 Å². The van der Waals surface area contributed by atoms with Crippen LogP contribution in [0.4, 0.5) is 0 Å². The summed E-state index contributed by atoms with van der Waals surface area (Å²) in [5.41, 5.74) is 2.93. The standard InChI is InChI=1S/C12H11N3/c1-2-11-4-3-10(8-13)7-12(11)15-6-5-14-9-15/h3-7,9H,2H2,1H3. The highest BCUT2D eigenvalue weighted by Crippen LogP contribution is 2.16. The Kier molecular flexibility index (Phi) is 2.51. The quantitative estimate of drug-likeness (QED) is 0.741. The summed E-state index contributed by atoms with van der Waals surface area (Å²) in [7, 11) is 0. The third-order valence-corrected chi connectivity index (χ3v) is 2.38. The molecule has 74 valence electrons. The summed E-state index contributed by atoms with van der Waals surface area (Å²) in [5.74, 6) is 0. The molecule has 0 N–H and O–H groups in total. The van der Waals surface area contributed by atoms with Gasteiger partial charge in [-0.15, -0.1) is 0 Å². The molecule has 0 aliphatic rings. The zero-order chi connectivity index (χ0) is 10.7. The molecule has 0 saturated carbocycles. The first kappa shape index (κ1) is 9.47. The topological polar surface area (TPSA) is 41.6 Å². The minimum absolute atomic E-state index is 0.677. The molecule has 1 heterocycles. The van der Waals surface area contributed by atoms with Gasteiger partial charge >= 0.3 is 0 Å². The van der Waals surface area contributed by atoms with Crippen LogP contribution in [0.25, 0.3) is 5.69 Å². The normalized spacial score (nSPS) is 9.87. The van der Waals surface area contributed by atoms with Crippen molar-refractivity contribution in [2.75, 3.05) is 0 Å². The molecule has 0 saturated heterocycles. The van der Waals surface area contributed by atoms with Crippen molar-refractivity contribution in [3.63, 3.8) is 0 Å². The lowest BCUT2D eigenvalue weighted by Gasteiger charge is -2.08. The average molecular weight is 197 g/mol. The number of rotatable bonds is 2. The van der Waals surface area contributed by atoms with Crippen LogP contribution < -0.4 is 0 Å². The van der Waals surface area contributed by atoms with Crippen molar-refractivity contribution >= 4 is 0 Å². The number of benzene rings is 1. The maximum atomic E-state index is 8.85. The van der Waals surface area contributed by atoms with Crippen molar-refractivity contribution in [3.8, 4) is 11.8 Å². The number of hydrogen-bond donors (Lipinski definition) is 0. The van der Waals surface area contributed by atoms with Crippen LogP contribution >= 0.6 is 0 Å². The van der Waals surface area contributed by atoms with E-state index in [1.54, 1.807) is 12.5 Å². The molecular weight excluding hydrogens is 186 g/mol. The molecule has 0 aliphatic heterocycles. The van der Waals surface area contributed by atoms with Crippen LogP contribution in [0.2, 0.25) is 0 Å². The molecule has 0 unspecified atom stereocenters. The molecule has 0 atom stereocenters. The summed E-state index contributed by atoms with van der Waals surface area (Å²) < 4.78 is 1.93. The third-order valence-electron chi connectivity index (χ3n) is 2.38. The SMILES string of the molecule is CCc1ccc(C#N)cc1-n1ccnc1. The second kappa shape index (κ2) is 3.97. The lowest BCUT2D eigenvalue weighted by Crippen LogP contribution is -1.97. The predicted octanol–water partition coefficient (Wildman–Crippen LogP) is 2.31. The Morgan fingerprint density at radius 3 is 2.93 bits per heavy atom. The first-order valence-electron chi connectivity index (χ1n) is 4.86. The van der Waals surface area contributed by atoms with Gasteiger partial charge in [-0.3, -0.25) is 0 Å². The first-order chi connectivity index (χ1) is 7.35. The number of hydrogen-bond acceptors (Lipinski definition) is 2. The number of imidazole rings is 1. The molecule has 3 heteroatoms. The van der Waals surface area contributed by atoms with Crippen molar-refractivity contribution in [2.45, 2.75) is 13.3 Å². The lowest BCUT2D eigenvalue weighted by atomic mass is 10.1. The lowest BCUT2D eigenvalue weighted by molar-refractivity contribution is 1.00. The zero-order valence-corrected chi connectivity index (χ0v) is 8.51. The van der Waals surface area contributed by atoms with E-state index in [9.17, 15) is 0 Å². The minimum Gasteiger partial charge on any atom is -0.306 e. The summed E-state index contributed by atoms with van der Waals surface area (Å²) in [6.07, 6.45) is 6.31. The van der Waals surface area contributed by atoms with Gasteiger partial charge < -0.3 is 4.57 Å². The molecule has 0 radical (unpaired) electrons. The van der Waals surface area contributed by atoms with Gasteiger partial charge in [0.25, 0.3) is 0 Å². The molecule has 0 fully saturated rings. The summed E-state index contributed by atoms with van der Waals surface area (Å²) in [4.78, 5) is 4.01. The van der Waals surface area contributed by atoms with Crippen LogP contribution in [0.1, 0.15) is 18.1 Å². The van der Waals surface area contributed by atoms with Crippen LogP contribution in [0.3, 0.4) is 0 Å². The van der Waals surface area contributed by atoms with E-state index in [1.807, 2.05) is 29.0 Å². The zero-order valence-electron chi connectivity index (χ0n) is 8.51. The largest absolute Gasteiger partial charge is 0.306 e. The van der Waals surface area contributed by atoms with E-state index < -0.39 is 0 Å². The van der Waals surface area contributed by atoms with Gasteiger partial charge in [0, 0.05) is 12.4 Å². The summed E-state index contributed by atoms with van der Waals surface area (Å²) in [6.45, 7) is 2.10. The average Bonchev–Trinajstić information content (AvgIpc) is 2.81. The van der Waals surface area contributed by atoms with E-state index >= 15 is 0 Å². The van der Waals surface area contributed by atoms with Gasteiger partial charge in [-0.1, -0.05) is 13.0 Å². The molecule has 0 spiro atoms. The molecule has 1 aromatic heterocycles. The fourth-order valence-corrected chi connectivity index (χ4v) is 1.57. The summed E-state index contributed by atoms with van der Waals surface area (Å²) >= 11 is 0. The van der Waals surface area contributed by atoms with Gasteiger partial charge in [-0.2, -0.15) is 5.26 Å². The Balaban J connectivity index is 2.58. The van der Waals surface area contributed by atoms with Gasteiger partial charge in [0.2, 0.25) is 0 Å². The van der Waals surface area contributed by atoms with E-state index in [-0.39, 0.29) is 0 Å². The number of nitrogens with zero attached hydrogens (tertiary/aromatic N) is 3. The van der Waals surface area contributed by atoms with Gasteiger partial charge in [-0.25, -0.2) is 4.98 Å². The fraction of sp³-hybridized carbons (Fsp3) is 0.167. The highest BCUT2D eigenvalue weighted by Gasteiger charge is 2.03. The van der Waals surface area contributed by atoms with E-state index in [0.717, 1.165) is 12.1 Å². The van der Waals surface area contributed by atoms with Crippen LogP contribution in [0.5, 0.6) is 0 Å². The van der Waals surface area contributed by atoms with Crippen LogP contribution in [0.15, 0.2) is 36.9 Å². The monoisotopic (exact) mass is 197 g/mol. The highest BCUT2D eigenvalue weighted by molar-refractivity contribution is 5.47. The van der Waals surface area contributed by atoms with Crippen molar-refractivity contribution in [3.05, 3.63) is 48.0 Å². The Morgan fingerprint density at radius 1 is 1.47 bits per heavy atom. The van der Waals surface area contributed by atoms with Gasteiger partial charge in [-0.05, 0) is 24.1 Å². The number of aryl methyl sites for hydroxylation is 1. The smallest absolute Gasteiger partial charge is 0.0992 e. The molecule has 15 heavy (non-hydrogen) atoms. The van der Waals surface area contributed by atoms with Crippen LogP contribution in [-0.2, 0) is 6.42 Å². The van der Waals surface area contributed by atoms with Crippen molar-refractivity contribution in [1.82, 2.24) is 9.55 Å². The summed E-state index contributed by atoms with van der Waals surface area (Å²) in [6, 6.07) is 7.88.